The number of carbonyl (C=O) groups is 4. The minimum absolute atomic E-state index is 0.199. The Morgan fingerprint density at radius 1 is 1.00 bits per heavy atom. The lowest BCUT2D eigenvalue weighted by Gasteiger charge is -2.24. The maximum Gasteiger partial charge on any atom is 0.329 e. The van der Waals surface area contributed by atoms with Crippen LogP contribution in [-0.4, -0.2) is 41.1 Å². The highest BCUT2D eigenvalue weighted by Gasteiger charge is 2.43. The van der Waals surface area contributed by atoms with E-state index in [0.29, 0.717) is 6.42 Å². The lowest BCUT2D eigenvalue weighted by molar-refractivity contribution is -0.147. The fourth-order valence-corrected chi connectivity index (χ4v) is 3.19. The predicted molar refractivity (Wildman–Crippen MR) is 102 cm³/mol. The van der Waals surface area contributed by atoms with Gasteiger partial charge in [0.25, 0.3) is 11.8 Å². The molecule has 0 aromatic heterocycles. The van der Waals surface area contributed by atoms with Crippen LogP contribution in [0.1, 0.15) is 57.3 Å². The number of nitrogens with zero attached hydrogens (tertiary/aromatic N) is 1. The van der Waals surface area contributed by atoms with Crippen molar-refractivity contribution in [3.63, 3.8) is 0 Å². The molecule has 0 radical (unpaired) electrons. The quantitative estimate of drug-likeness (QED) is 0.387. The molecule has 2 amide bonds. The second-order valence-electron chi connectivity index (χ2n) is 6.72. The molecule has 7 heteroatoms. The Morgan fingerprint density at radius 2 is 1.59 bits per heavy atom. The van der Waals surface area contributed by atoms with Gasteiger partial charge < -0.3 is 4.74 Å². The average Bonchev–Trinajstić information content (AvgIpc) is 2.98. The molecule has 0 spiro atoms. The highest BCUT2D eigenvalue weighted by atomic mass is 19.1. The average molecular weight is 397 g/mol. The molecule has 0 saturated heterocycles. The van der Waals surface area contributed by atoms with E-state index in [4.69, 9.17) is 4.74 Å². The molecule has 2 aromatic carbocycles. The van der Waals surface area contributed by atoms with E-state index in [-0.39, 0.29) is 23.1 Å². The SMILES string of the molecule is CCCCC(C(=O)OCC(=O)c1ccc(F)cc1)N1C(=O)c2ccccc2C1=O. The zero-order valence-electron chi connectivity index (χ0n) is 15.9. The molecule has 2 aromatic rings. The van der Waals surface area contributed by atoms with Crippen LogP contribution in [0.15, 0.2) is 48.5 Å². The van der Waals surface area contributed by atoms with Crippen molar-refractivity contribution in [3.05, 3.63) is 71.0 Å². The summed E-state index contributed by atoms with van der Waals surface area (Å²) in [4.78, 5) is 51.2. The van der Waals surface area contributed by atoms with Crippen molar-refractivity contribution >= 4 is 23.6 Å². The Hall–Kier alpha value is -3.35. The van der Waals surface area contributed by atoms with E-state index in [1.54, 1.807) is 12.1 Å². The standard InChI is InChI=1S/C22H20FNO5/c1-2-3-8-18(24-20(26)16-6-4-5-7-17(16)21(24)27)22(28)29-13-19(25)14-9-11-15(23)12-10-14/h4-7,9-12,18H,2-3,8,13H2,1H3. The first kappa shape index (κ1) is 20.4. The zero-order chi connectivity index (χ0) is 21.0. The lowest BCUT2D eigenvalue weighted by Crippen LogP contribution is -2.46. The molecule has 29 heavy (non-hydrogen) atoms. The van der Waals surface area contributed by atoms with Crippen LogP contribution in [0, 0.1) is 5.82 Å². The summed E-state index contributed by atoms with van der Waals surface area (Å²) in [5.74, 6) is -2.90. The second-order valence-corrected chi connectivity index (χ2v) is 6.72. The van der Waals surface area contributed by atoms with Crippen LogP contribution >= 0.6 is 0 Å². The molecule has 1 aliphatic rings. The fraction of sp³-hybridized carbons (Fsp3) is 0.273. The molecule has 1 heterocycles. The number of amides is 2. The Bertz CT molecular complexity index is 919. The van der Waals surface area contributed by atoms with Gasteiger partial charge in [-0.25, -0.2) is 9.18 Å². The highest BCUT2D eigenvalue weighted by Crippen LogP contribution is 2.27. The van der Waals surface area contributed by atoms with Crippen molar-refractivity contribution in [1.82, 2.24) is 4.90 Å². The number of benzene rings is 2. The van der Waals surface area contributed by atoms with E-state index in [1.165, 1.54) is 24.3 Å². The number of ketones is 1. The fourth-order valence-electron chi connectivity index (χ4n) is 3.19. The summed E-state index contributed by atoms with van der Waals surface area (Å²) >= 11 is 0. The molecule has 3 rings (SSSR count). The Labute approximate surface area is 167 Å². The number of imide groups is 1. The van der Waals surface area contributed by atoms with Crippen molar-refractivity contribution in [3.8, 4) is 0 Å². The summed E-state index contributed by atoms with van der Waals surface area (Å²) in [6.45, 7) is 1.36. The Kier molecular flexibility index (Phi) is 6.16. The van der Waals surface area contributed by atoms with Gasteiger partial charge >= 0.3 is 5.97 Å². The molecule has 0 bridgehead atoms. The van der Waals surface area contributed by atoms with Gasteiger partial charge in [0.2, 0.25) is 0 Å². The van der Waals surface area contributed by atoms with Crippen LogP contribution in [0.3, 0.4) is 0 Å². The van der Waals surface area contributed by atoms with Gasteiger partial charge in [0.15, 0.2) is 12.4 Å². The van der Waals surface area contributed by atoms with Gasteiger partial charge in [-0.3, -0.25) is 19.3 Å². The number of Topliss-reactive ketones (excluding diaryl/α,β-unsaturated/α-hetero) is 1. The van der Waals surface area contributed by atoms with Crippen molar-refractivity contribution in [1.29, 1.82) is 0 Å². The van der Waals surface area contributed by atoms with Crippen LogP contribution < -0.4 is 0 Å². The smallest absolute Gasteiger partial charge is 0.329 e. The molecule has 6 nitrogen and oxygen atoms in total. The van der Waals surface area contributed by atoms with E-state index in [2.05, 4.69) is 0 Å². The first-order valence-corrected chi connectivity index (χ1v) is 9.36. The number of hydrogen-bond donors (Lipinski definition) is 0. The third-order valence-corrected chi connectivity index (χ3v) is 4.75. The first-order valence-electron chi connectivity index (χ1n) is 9.36. The number of hydrogen-bond acceptors (Lipinski definition) is 5. The number of fused-ring (bicyclic) bond motifs is 1. The molecule has 0 fully saturated rings. The van der Waals surface area contributed by atoms with E-state index < -0.39 is 42.0 Å². The molecular weight excluding hydrogens is 377 g/mol. The molecular formula is C22H20FNO5. The number of unbranched alkanes of at least 4 members (excludes halogenated alkanes) is 1. The summed E-state index contributed by atoms with van der Waals surface area (Å²) in [5, 5.41) is 0. The molecule has 150 valence electrons. The van der Waals surface area contributed by atoms with Crippen molar-refractivity contribution in [2.75, 3.05) is 6.61 Å². The molecule has 0 saturated carbocycles. The first-order chi connectivity index (χ1) is 13.9. The van der Waals surface area contributed by atoms with Crippen molar-refractivity contribution in [2.45, 2.75) is 32.2 Å². The summed E-state index contributed by atoms with van der Waals surface area (Å²) < 4.78 is 18.1. The zero-order valence-corrected chi connectivity index (χ0v) is 15.9. The highest BCUT2D eigenvalue weighted by molar-refractivity contribution is 6.22. The van der Waals surface area contributed by atoms with Gasteiger partial charge in [-0.05, 0) is 42.8 Å². The summed E-state index contributed by atoms with van der Waals surface area (Å²) in [7, 11) is 0. The predicted octanol–water partition coefficient (Wildman–Crippen LogP) is 3.41. The van der Waals surface area contributed by atoms with Crippen LogP contribution in [0.25, 0.3) is 0 Å². The van der Waals surface area contributed by atoms with Gasteiger partial charge in [0, 0.05) is 5.56 Å². The maximum absolute atomic E-state index is 13.0. The van der Waals surface area contributed by atoms with Gasteiger partial charge in [-0.2, -0.15) is 0 Å². The van der Waals surface area contributed by atoms with Crippen LogP contribution in [0.5, 0.6) is 0 Å². The van der Waals surface area contributed by atoms with Gasteiger partial charge in [0.05, 0.1) is 11.1 Å². The van der Waals surface area contributed by atoms with E-state index in [9.17, 15) is 23.6 Å². The summed E-state index contributed by atoms with van der Waals surface area (Å²) in [6.07, 6.45) is 1.59. The monoisotopic (exact) mass is 397 g/mol. The third-order valence-electron chi connectivity index (χ3n) is 4.75. The Morgan fingerprint density at radius 3 is 2.14 bits per heavy atom. The number of halogens is 1. The third kappa shape index (κ3) is 4.23. The van der Waals surface area contributed by atoms with Crippen LogP contribution in [-0.2, 0) is 9.53 Å². The van der Waals surface area contributed by atoms with E-state index >= 15 is 0 Å². The number of carbonyl (C=O) groups excluding carboxylic acids is 4. The lowest BCUT2D eigenvalue weighted by atomic mass is 10.1. The van der Waals surface area contributed by atoms with Gasteiger partial charge in [0.1, 0.15) is 11.9 Å². The molecule has 1 aliphatic heterocycles. The summed E-state index contributed by atoms with van der Waals surface area (Å²) in [6, 6.07) is 10.1. The molecule has 1 unspecified atom stereocenters. The molecule has 0 aliphatic carbocycles. The van der Waals surface area contributed by atoms with Gasteiger partial charge in [-0.1, -0.05) is 31.9 Å². The number of ether oxygens (including phenoxy) is 1. The van der Waals surface area contributed by atoms with Crippen LogP contribution in [0.2, 0.25) is 0 Å². The van der Waals surface area contributed by atoms with Crippen molar-refractivity contribution in [2.24, 2.45) is 0 Å². The topological polar surface area (TPSA) is 80.8 Å². The summed E-state index contributed by atoms with van der Waals surface area (Å²) in [5.41, 5.74) is 0.688. The maximum atomic E-state index is 13.0. The Balaban J connectivity index is 1.74. The second kappa shape index (κ2) is 8.77. The molecule has 1 atom stereocenters. The number of esters is 1. The normalized spacial score (nSPS) is 13.9. The van der Waals surface area contributed by atoms with Crippen LogP contribution in [0.4, 0.5) is 4.39 Å². The minimum atomic E-state index is -1.11. The van der Waals surface area contributed by atoms with E-state index in [0.717, 1.165) is 23.5 Å². The molecule has 0 N–H and O–H groups in total. The van der Waals surface area contributed by atoms with E-state index in [1.807, 2.05) is 6.92 Å². The minimum Gasteiger partial charge on any atom is -0.456 e. The van der Waals surface area contributed by atoms with Crippen molar-refractivity contribution < 1.29 is 28.3 Å². The van der Waals surface area contributed by atoms with Gasteiger partial charge in [-0.15, -0.1) is 0 Å². The largest absolute Gasteiger partial charge is 0.456 e. The number of rotatable bonds is 8.